The molecule has 0 atom stereocenters. The topological polar surface area (TPSA) is 61.3 Å². The maximum absolute atomic E-state index is 12.2. The molecule has 19 heavy (non-hydrogen) atoms. The van der Waals surface area contributed by atoms with Gasteiger partial charge in [-0.25, -0.2) is 9.97 Å². The Kier molecular flexibility index (Phi) is 3.75. The molecular weight excluding hydrogens is 244 g/mol. The Bertz CT molecular complexity index is 594. The fraction of sp³-hybridized carbons (Fsp3) is 0.214. The zero-order chi connectivity index (χ0) is 13.8. The Hall–Kier alpha value is -2.43. The van der Waals surface area contributed by atoms with Crippen LogP contribution in [0.1, 0.15) is 21.5 Å². The molecule has 0 N–H and O–H groups in total. The molecule has 0 aliphatic carbocycles. The van der Waals surface area contributed by atoms with Gasteiger partial charge in [-0.3, -0.25) is 4.79 Å². The van der Waals surface area contributed by atoms with Crippen molar-refractivity contribution < 1.29 is 14.3 Å². The van der Waals surface area contributed by atoms with Crippen LogP contribution >= 0.6 is 0 Å². The van der Waals surface area contributed by atoms with E-state index in [-0.39, 0.29) is 11.8 Å². The van der Waals surface area contributed by atoms with Crippen LogP contribution in [0.2, 0.25) is 0 Å². The Labute approximate surface area is 111 Å². The molecule has 0 radical (unpaired) electrons. The van der Waals surface area contributed by atoms with Crippen LogP contribution in [0.25, 0.3) is 0 Å². The molecule has 0 spiro atoms. The standard InChI is InChI=1S/C14H14N2O3/c1-9-4-5-10(6-12(9)18-2)13(17)11-7-15-14(19-3)16-8-11/h4-8H,1-3H3. The maximum atomic E-state index is 12.2. The van der Waals surface area contributed by atoms with Gasteiger partial charge in [0.15, 0.2) is 5.78 Å². The lowest BCUT2D eigenvalue weighted by atomic mass is 10.0. The molecule has 0 unspecified atom stereocenters. The van der Waals surface area contributed by atoms with Crippen molar-refractivity contribution in [1.29, 1.82) is 0 Å². The summed E-state index contributed by atoms with van der Waals surface area (Å²) in [6, 6.07) is 5.54. The number of hydrogen-bond acceptors (Lipinski definition) is 5. The summed E-state index contributed by atoms with van der Waals surface area (Å²) in [5, 5.41) is 0. The van der Waals surface area contributed by atoms with Crippen LogP contribution < -0.4 is 9.47 Å². The van der Waals surface area contributed by atoms with Crippen molar-refractivity contribution in [3.63, 3.8) is 0 Å². The molecule has 0 saturated heterocycles. The smallest absolute Gasteiger partial charge is 0.316 e. The summed E-state index contributed by atoms with van der Waals surface area (Å²) in [4.78, 5) is 20.1. The van der Waals surface area contributed by atoms with E-state index in [1.54, 1.807) is 19.2 Å². The van der Waals surface area contributed by atoms with Gasteiger partial charge < -0.3 is 9.47 Å². The molecule has 1 aromatic carbocycles. The Morgan fingerprint density at radius 3 is 2.32 bits per heavy atom. The van der Waals surface area contributed by atoms with Crippen LogP contribution in [0.15, 0.2) is 30.6 Å². The monoisotopic (exact) mass is 258 g/mol. The van der Waals surface area contributed by atoms with Crippen molar-refractivity contribution in [2.75, 3.05) is 14.2 Å². The van der Waals surface area contributed by atoms with Gasteiger partial charge in [0.25, 0.3) is 0 Å². The molecule has 0 saturated carbocycles. The number of carbonyl (C=O) groups is 1. The van der Waals surface area contributed by atoms with Crippen molar-refractivity contribution in [2.45, 2.75) is 6.92 Å². The molecule has 5 nitrogen and oxygen atoms in total. The van der Waals surface area contributed by atoms with E-state index >= 15 is 0 Å². The van der Waals surface area contributed by atoms with Crippen LogP contribution in [-0.4, -0.2) is 30.0 Å². The SMILES string of the molecule is COc1ncc(C(=O)c2ccc(C)c(OC)c2)cn1. The lowest BCUT2D eigenvalue weighted by Gasteiger charge is -2.07. The predicted molar refractivity (Wildman–Crippen MR) is 69.7 cm³/mol. The fourth-order valence-electron chi connectivity index (χ4n) is 1.67. The first-order valence-corrected chi connectivity index (χ1v) is 5.71. The van der Waals surface area contributed by atoms with Crippen LogP contribution in [0.3, 0.4) is 0 Å². The number of ether oxygens (including phenoxy) is 2. The molecule has 1 heterocycles. The third-order valence-corrected chi connectivity index (χ3v) is 2.74. The highest BCUT2D eigenvalue weighted by Gasteiger charge is 2.12. The predicted octanol–water partition coefficient (Wildman–Crippen LogP) is 2.03. The summed E-state index contributed by atoms with van der Waals surface area (Å²) in [5.41, 5.74) is 1.92. The summed E-state index contributed by atoms with van der Waals surface area (Å²) >= 11 is 0. The third-order valence-electron chi connectivity index (χ3n) is 2.74. The van der Waals surface area contributed by atoms with Gasteiger partial charge in [-0.15, -0.1) is 0 Å². The fourth-order valence-corrected chi connectivity index (χ4v) is 1.67. The molecule has 5 heteroatoms. The second kappa shape index (κ2) is 5.48. The lowest BCUT2D eigenvalue weighted by molar-refractivity contribution is 0.103. The van der Waals surface area contributed by atoms with E-state index in [9.17, 15) is 4.79 Å². The number of aryl methyl sites for hydroxylation is 1. The maximum Gasteiger partial charge on any atom is 0.316 e. The molecule has 0 fully saturated rings. The first-order valence-electron chi connectivity index (χ1n) is 5.71. The molecule has 0 aliphatic heterocycles. The zero-order valence-corrected chi connectivity index (χ0v) is 11.0. The van der Waals surface area contributed by atoms with E-state index in [0.717, 1.165) is 5.56 Å². The minimum Gasteiger partial charge on any atom is -0.496 e. The van der Waals surface area contributed by atoms with E-state index < -0.39 is 0 Å². The Morgan fingerprint density at radius 2 is 1.74 bits per heavy atom. The summed E-state index contributed by atoms with van der Waals surface area (Å²) in [6.45, 7) is 1.92. The van der Waals surface area contributed by atoms with Gasteiger partial charge in [0, 0.05) is 18.0 Å². The molecule has 1 aromatic heterocycles. The van der Waals surface area contributed by atoms with Gasteiger partial charge in [-0.1, -0.05) is 12.1 Å². The average molecular weight is 258 g/mol. The molecule has 2 aromatic rings. The lowest BCUT2D eigenvalue weighted by Crippen LogP contribution is -2.04. The summed E-state index contributed by atoms with van der Waals surface area (Å²) in [5.74, 6) is 0.529. The highest BCUT2D eigenvalue weighted by molar-refractivity contribution is 6.08. The summed E-state index contributed by atoms with van der Waals surface area (Å²) in [6.07, 6.45) is 2.89. The number of rotatable bonds is 4. The molecule has 98 valence electrons. The van der Waals surface area contributed by atoms with Crippen molar-refractivity contribution in [2.24, 2.45) is 0 Å². The number of carbonyl (C=O) groups excluding carboxylic acids is 1. The van der Waals surface area contributed by atoms with Crippen LogP contribution in [0.4, 0.5) is 0 Å². The zero-order valence-electron chi connectivity index (χ0n) is 11.0. The molecule has 0 aliphatic rings. The molecule has 0 bridgehead atoms. The van der Waals surface area contributed by atoms with Gasteiger partial charge in [0.05, 0.1) is 19.8 Å². The third kappa shape index (κ3) is 2.70. The Balaban J connectivity index is 2.32. The van der Waals surface area contributed by atoms with Crippen LogP contribution in [-0.2, 0) is 0 Å². The highest BCUT2D eigenvalue weighted by atomic mass is 16.5. The second-order valence-corrected chi connectivity index (χ2v) is 3.97. The minimum absolute atomic E-state index is 0.152. The van der Waals surface area contributed by atoms with Gasteiger partial charge in [-0.05, 0) is 18.6 Å². The van der Waals surface area contributed by atoms with Crippen LogP contribution in [0.5, 0.6) is 11.8 Å². The summed E-state index contributed by atoms with van der Waals surface area (Å²) in [7, 11) is 3.05. The number of aromatic nitrogens is 2. The van der Waals surface area contributed by atoms with E-state index in [1.165, 1.54) is 19.5 Å². The van der Waals surface area contributed by atoms with E-state index in [0.29, 0.717) is 16.9 Å². The van der Waals surface area contributed by atoms with Gasteiger partial charge in [-0.2, -0.15) is 0 Å². The second-order valence-electron chi connectivity index (χ2n) is 3.97. The average Bonchev–Trinajstić information content (AvgIpc) is 2.47. The first kappa shape index (κ1) is 13.0. The van der Waals surface area contributed by atoms with Crippen molar-refractivity contribution >= 4 is 5.78 Å². The van der Waals surface area contributed by atoms with Gasteiger partial charge in [0.1, 0.15) is 5.75 Å². The van der Waals surface area contributed by atoms with Gasteiger partial charge in [0.2, 0.25) is 0 Å². The minimum atomic E-state index is -0.152. The highest BCUT2D eigenvalue weighted by Crippen LogP contribution is 2.20. The molecular formula is C14H14N2O3. The quantitative estimate of drug-likeness (QED) is 0.785. The molecule has 0 amide bonds. The number of hydrogen-bond donors (Lipinski definition) is 0. The number of ketones is 1. The van der Waals surface area contributed by atoms with E-state index in [4.69, 9.17) is 9.47 Å². The van der Waals surface area contributed by atoms with Crippen molar-refractivity contribution in [3.8, 4) is 11.8 Å². The first-order chi connectivity index (χ1) is 9.15. The number of nitrogens with zero attached hydrogens (tertiary/aromatic N) is 2. The Morgan fingerprint density at radius 1 is 1.05 bits per heavy atom. The van der Waals surface area contributed by atoms with Crippen molar-refractivity contribution in [3.05, 3.63) is 47.3 Å². The number of benzene rings is 1. The van der Waals surface area contributed by atoms with E-state index in [1.807, 2.05) is 13.0 Å². The number of methoxy groups -OCH3 is 2. The van der Waals surface area contributed by atoms with E-state index in [2.05, 4.69) is 9.97 Å². The normalized spacial score (nSPS) is 10.1. The summed E-state index contributed by atoms with van der Waals surface area (Å²) < 4.78 is 10.1. The largest absolute Gasteiger partial charge is 0.496 e. The van der Waals surface area contributed by atoms with Crippen LogP contribution in [0, 0.1) is 6.92 Å². The van der Waals surface area contributed by atoms with Crippen molar-refractivity contribution in [1.82, 2.24) is 9.97 Å². The molecule has 2 rings (SSSR count). The van der Waals surface area contributed by atoms with Gasteiger partial charge >= 0.3 is 6.01 Å².